The molecule has 2 N–H and O–H groups in total. The van der Waals surface area contributed by atoms with Gasteiger partial charge in [0.15, 0.2) is 0 Å². The lowest BCUT2D eigenvalue weighted by Crippen LogP contribution is -2.27. The monoisotopic (exact) mass is 287 g/mol. The Morgan fingerprint density at radius 3 is 3.19 bits per heavy atom. The van der Waals surface area contributed by atoms with Gasteiger partial charge in [-0.3, -0.25) is 9.78 Å². The Labute approximate surface area is 122 Å². The number of aromatic nitrogens is 3. The Morgan fingerprint density at radius 2 is 2.48 bits per heavy atom. The van der Waals surface area contributed by atoms with Crippen LogP contribution in [0.25, 0.3) is 0 Å². The molecule has 0 spiro atoms. The van der Waals surface area contributed by atoms with E-state index in [2.05, 4.69) is 25.8 Å². The third kappa shape index (κ3) is 3.08. The van der Waals surface area contributed by atoms with Gasteiger partial charge in [-0.2, -0.15) is 4.98 Å². The highest BCUT2D eigenvalue weighted by Crippen LogP contribution is 2.21. The second-order valence-electron chi connectivity index (χ2n) is 5.09. The zero-order valence-electron chi connectivity index (χ0n) is 11.7. The van der Waals surface area contributed by atoms with E-state index in [0.717, 1.165) is 24.9 Å². The highest BCUT2D eigenvalue weighted by molar-refractivity contribution is 5.90. The van der Waals surface area contributed by atoms with Crippen LogP contribution in [0.3, 0.4) is 0 Å². The van der Waals surface area contributed by atoms with E-state index in [1.54, 1.807) is 12.4 Å². The van der Waals surface area contributed by atoms with Crippen LogP contribution in [-0.2, 0) is 0 Å². The molecule has 7 heteroatoms. The molecule has 2 aromatic rings. The summed E-state index contributed by atoms with van der Waals surface area (Å²) in [5.74, 6) is 0.195. The molecule has 110 valence electrons. The number of nitrogens with zero attached hydrogens (tertiary/aromatic N) is 3. The Bertz CT molecular complexity index is 607. The minimum absolute atomic E-state index is 0.0643. The van der Waals surface area contributed by atoms with Crippen molar-refractivity contribution in [1.82, 2.24) is 25.8 Å². The quantitative estimate of drug-likeness (QED) is 0.882. The number of hydrogen-bond donors (Lipinski definition) is 2. The number of nitrogens with one attached hydrogen (secondary N) is 2. The van der Waals surface area contributed by atoms with E-state index in [9.17, 15) is 4.79 Å². The maximum absolute atomic E-state index is 12.1. The summed E-state index contributed by atoms with van der Waals surface area (Å²) in [5.41, 5.74) is 0.923. The molecule has 2 unspecified atom stereocenters. The summed E-state index contributed by atoms with van der Waals surface area (Å²) in [6, 6.07) is 3.63. The molecule has 0 aliphatic carbocycles. The Balaban J connectivity index is 1.65. The number of hydrogen-bond acceptors (Lipinski definition) is 6. The van der Waals surface area contributed by atoms with Crippen LogP contribution in [-0.4, -0.2) is 27.6 Å². The van der Waals surface area contributed by atoms with Gasteiger partial charge < -0.3 is 15.2 Å². The largest absolute Gasteiger partial charge is 0.343 e. The van der Waals surface area contributed by atoms with Crippen LogP contribution >= 0.6 is 0 Å². The molecule has 2 aromatic heterocycles. The molecular weight excluding hydrogens is 270 g/mol. The molecule has 7 nitrogen and oxygen atoms in total. The van der Waals surface area contributed by atoms with Gasteiger partial charge in [-0.05, 0) is 37.9 Å². The summed E-state index contributed by atoms with van der Waals surface area (Å²) in [6.07, 6.45) is 5.44. The Hall–Kier alpha value is -2.28. The minimum atomic E-state index is -0.348. The van der Waals surface area contributed by atoms with Crippen molar-refractivity contribution in [3.05, 3.63) is 41.8 Å². The van der Waals surface area contributed by atoms with Gasteiger partial charge in [0.1, 0.15) is 0 Å². The van der Waals surface area contributed by atoms with Crippen LogP contribution in [0.2, 0.25) is 0 Å². The van der Waals surface area contributed by atoms with Gasteiger partial charge in [0.05, 0.1) is 12.1 Å². The number of rotatable bonds is 4. The van der Waals surface area contributed by atoms with Gasteiger partial charge in [0.25, 0.3) is 11.7 Å². The third-order valence-electron chi connectivity index (χ3n) is 3.54. The zero-order chi connectivity index (χ0) is 14.7. The topological polar surface area (TPSA) is 92.9 Å². The fourth-order valence-electron chi connectivity index (χ4n) is 2.34. The van der Waals surface area contributed by atoms with Gasteiger partial charge in [-0.25, -0.2) is 0 Å². The van der Waals surface area contributed by atoms with Crippen molar-refractivity contribution >= 4 is 5.91 Å². The van der Waals surface area contributed by atoms with E-state index in [-0.39, 0.29) is 23.8 Å². The predicted molar refractivity (Wildman–Crippen MR) is 74.4 cm³/mol. The van der Waals surface area contributed by atoms with Crippen LogP contribution in [0, 0.1) is 0 Å². The van der Waals surface area contributed by atoms with Crippen LogP contribution in [0.15, 0.2) is 29.0 Å². The molecule has 0 bridgehead atoms. The SMILES string of the molecule is CC(NC(=O)c1noc(C2CCCN2)n1)c1cccnc1. The van der Waals surface area contributed by atoms with Gasteiger partial charge in [0.2, 0.25) is 5.89 Å². The van der Waals surface area contributed by atoms with Gasteiger partial charge in [0, 0.05) is 12.4 Å². The van der Waals surface area contributed by atoms with E-state index in [0.29, 0.717) is 5.89 Å². The molecule has 0 radical (unpaired) electrons. The summed E-state index contributed by atoms with van der Waals surface area (Å²) in [6.45, 7) is 2.82. The maximum atomic E-state index is 12.1. The summed E-state index contributed by atoms with van der Waals surface area (Å²) in [5, 5.41) is 9.84. The zero-order valence-corrected chi connectivity index (χ0v) is 11.7. The van der Waals surface area contributed by atoms with Crippen LogP contribution in [0.1, 0.15) is 53.9 Å². The van der Waals surface area contributed by atoms with Gasteiger partial charge in [-0.15, -0.1) is 0 Å². The first-order valence-electron chi connectivity index (χ1n) is 7.02. The molecule has 3 heterocycles. The van der Waals surface area contributed by atoms with Crippen LogP contribution in [0.5, 0.6) is 0 Å². The molecule has 1 fully saturated rings. The van der Waals surface area contributed by atoms with E-state index >= 15 is 0 Å². The average Bonchev–Trinajstić information content (AvgIpc) is 3.19. The predicted octanol–water partition coefficient (Wildman–Crippen LogP) is 1.38. The lowest BCUT2D eigenvalue weighted by molar-refractivity contribution is 0.0926. The highest BCUT2D eigenvalue weighted by atomic mass is 16.5. The number of carbonyl (C=O) groups is 1. The first-order valence-corrected chi connectivity index (χ1v) is 7.02. The van der Waals surface area contributed by atoms with E-state index in [1.165, 1.54) is 0 Å². The first-order chi connectivity index (χ1) is 10.2. The summed E-state index contributed by atoms with van der Waals surface area (Å²) < 4.78 is 5.16. The molecule has 0 saturated carbocycles. The first kappa shape index (κ1) is 13.7. The van der Waals surface area contributed by atoms with Crippen molar-refractivity contribution in [2.45, 2.75) is 31.8 Å². The summed E-state index contributed by atoms with van der Waals surface area (Å²) in [7, 11) is 0. The standard InChI is InChI=1S/C14H17N5O2/c1-9(10-4-2-6-15-8-10)17-13(20)12-18-14(21-19-12)11-5-3-7-16-11/h2,4,6,8-9,11,16H,3,5,7H2,1H3,(H,17,20). The number of pyridine rings is 1. The van der Waals surface area contributed by atoms with Crippen molar-refractivity contribution < 1.29 is 9.32 Å². The smallest absolute Gasteiger partial charge is 0.293 e. The second kappa shape index (κ2) is 6.01. The lowest BCUT2D eigenvalue weighted by atomic mass is 10.1. The number of carbonyl (C=O) groups excluding carboxylic acids is 1. The highest BCUT2D eigenvalue weighted by Gasteiger charge is 2.24. The molecule has 3 rings (SSSR count). The average molecular weight is 287 g/mol. The van der Waals surface area contributed by atoms with Gasteiger partial charge >= 0.3 is 0 Å². The molecule has 0 aromatic carbocycles. The van der Waals surface area contributed by atoms with Crippen molar-refractivity contribution in [1.29, 1.82) is 0 Å². The van der Waals surface area contributed by atoms with Crippen molar-refractivity contribution in [2.24, 2.45) is 0 Å². The van der Waals surface area contributed by atoms with E-state index in [4.69, 9.17) is 4.52 Å². The van der Waals surface area contributed by atoms with E-state index in [1.807, 2.05) is 19.1 Å². The van der Waals surface area contributed by atoms with Crippen molar-refractivity contribution in [3.8, 4) is 0 Å². The molecule has 1 saturated heterocycles. The molecular formula is C14H17N5O2. The Morgan fingerprint density at radius 1 is 1.57 bits per heavy atom. The summed E-state index contributed by atoms with van der Waals surface area (Å²) >= 11 is 0. The molecule has 1 aliphatic rings. The number of amides is 1. The van der Waals surface area contributed by atoms with Crippen LogP contribution < -0.4 is 10.6 Å². The van der Waals surface area contributed by atoms with Crippen molar-refractivity contribution in [3.63, 3.8) is 0 Å². The fraction of sp³-hybridized carbons (Fsp3) is 0.429. The molecule has 1 aliphatic heterocycles. The fourth-order valence-corrected chi connectivity index (χ4v) is 2.34. The van der Waals surface area contributed by atoms with E-state index < -0.39 is 0 Å². The third-order valence-corrected chi connectivity index (χ3v) is 3.54. The lowest BCUT2D eigenvalue weighted by Gasteiger charge is -2.11. The second-order valence-corrected chi connectivity index (χ2v) is 5.09. The Kier molecular flexibility index (Phi) is 3.92. The maximum Gasteiger partial charge on any atom is 0.293 e. The van der Waals surface area contributed by atoms with Gasteiger partial charge in [-0.1, -0.05) is 11.2 Å². The van der Waals surface area contributed by atoms with Crippen LogP contribution in [0.4, 0.5) is 0 Å². The minimum Gasteiger partial charge on any atom is -0.343 e. The molecule has 2 atom stereocenters. The molecule has 21 heavy (non-hydrogen) atoms. The van der Waals surface area contributed by atoms with Crippen molar-refractivity contribution in [2.75, 3.05) is 6.54 Å². The normalized spacial score (nSPS) is 19.4. The molecule has 1 amide bonds. The summed E-state index contributed by atoms with van der Waals surface area (Å²) in [4.78, 5) is 20.3.